The van der Waals surface area contributed by atoms with E-state index in [1.54, 1.807) is 17.0 Å². The molecule has 0 saturated heterocycles. The van der Waals surface area contributed by atoms with Gasteiger partial charge < -0.3 is 5.73 Å². The molecule has 2 N–H and O–H groups in total. The topological polar surface area (TPSA) is 86.7 Å². The lowest BCUT2D eigenvalue weighted by molar-refractivity contribution is 0.625. The minimum absolute atomic E-state index is 0.515. The normalized spacial score (nSPS) is 12.6. The van der Waals surface area contributed by atoms with E-state index in [-0.39, 0.29) is 0 Å². The molecule has 0 aliphatic heterocycles. The summed E-state index contributed by atoms with van der Waals surface area (Å²) in [6, 6.07) is 5.53. The van der Waals surface area contributed by atoms with Crippen LogP contribution in [-0.2, 0) is 17.3 Å². The molecule has 0 aliphatic carbocycles. The van der Waals surface area contributed by atoms with Gasteiger partial charge in [0, 0.05) is 38.5 Å². The quantitative estimate of drug-likeness (QED) is 0.847. The summed E-state index contributed by atoms with van der Waals surface area (Å²) in [5.41, 5.74) is 7.29. The first-order valence-corrected chi connectivity index (χ1v) is 7.71. The summed E-state index contributed by atoms with van der Waals surface area (Å²) in [4.78, 5) is 0. The molecule has 0 saturated carbocycles. The van der Waals surface area contributed by atoms with Crippen LogP contribution in [0.2, 0.25) is 0 Å². The summed E-state index contributed by atoms with van der Waals surface area (Å²) in [5.74, 6) is 1.14. The summed E-state index contributed by atoms with van der Waals surface area (Å²) in [6.07, 6.45) is 1.65. The standard InChI is InChI=1S/C10H12BrN5OS/c1-18(17)5-4-16-10(13-14-15-16)7-2-3-8(11)9(12)6-7/h2-3,6H,4-5,12H2,1H3. The van der Waals surface area contributed by atoms with Gasteiger partial charge in [0.1, 0.15) is 0 Å². The summed E-state index contributed by atoms with van der Waals surface area (Å²) in [5, 5.41) is 11.5. The maximum Gasteiger partial charge on any atom is 0.182 e. The molecule has 0 spiro atoms. The van der Waals surface area contributed by atoms with Crippen molar-refractivity contribution in [3.8, 4) is 11.4 Å². The van der Waals surface area contributed by atoms with Crippen molar-refractivity contribution >= 4 is 32.4 Å². The predicted octanol–water partition coefficient (Wildman–Crippen LogP) is 1.06. The molecule has 0 bridgehead atoms. The minimum Gasteiger partial charge on any atom is -0.398 e. The minimum atomic E-state index is -0.871. The fraction of sp³-hybridized carbons (Fsp3) is 0.300. The fourth-order valence-corrected chi connectivity index (χ4v) is 2.14. The molecule has 1 atom stereocenters. The van der Waals surface area contributed by atoms with E-state index in [1.807, 2.05) is 12.1 Å². The van der Waals surface area contributed by atoms with Crippen molar-refractivity contribution in [1.82, 2.24) is 20.2 Å². The van der Waals surface area contributed by atoms with E-state index in [9.17, 15) is 4.21 Å². The average Bonchev–Trinajstić information content (AvgIpc) is 2.78. The van der Waals surface area contributed by atoms with Gasteiger partial charge in [-0.05, 0) is 44.6 Å². The highest BCUT2D eigenvalue weighted by molar-refractivity contribution is 9.10. The van der Waals surface area contributed by atoms with Gasteiger partial charge in [-0.25, -0.2) is 4.68 Å². The van der Waals surface area contributed by atoms with Crippen LogP contribution in [0, 0.1) is 0 Å². The van der Waals surface area contributed by atoms with Gasteiger partial charge in [-0.2, -0.15) is 0 Å². The van der Waals surface area contributed by atoms with Crippen molar-refractivity contribution < 1.29 is 4.21 Å². The Kier molecular flexibility index (Phi) is 4.07. The van der Waals surface area contributed by atoms with Crippen molar-refractivity contribution in [3.05, 3.63) is 22.7 Å². The number of hydrogen-bond donors (Lipinski definition) is 1. The Morgan fingerprint density at radius 2 is 2.28 bits per heavy atom. The molecule has 1 aromatic heterocycles. The molecule has 0 fully saturated rings. The number of nitrogens with zero attached hydrogens (tertiary/aromatic N) is 4. The van der Waals surface area contributed by atoms with Crippen molar-refractivity contribution in [3.63, 3.8) is 0 Å². The molecule has 1 unspecified atom stereocenters. The third-order valence-electron chi connectivity index (χ3n) is 2.38. The zero-order valence-corrected chi connectivity index (χ0v) is 12.1. The number of nitrogens with two attached hydrogens (primary N) is 1. The number of halogens is 1. The van der Waals surface area contributed by atoms with E-state index >= 15 is 0 Å². The zero-order chi connectivity index (χ0) is 13.1. The largest absolute Gasteiger partial charge is 0.398 e. The Hall–Kier alpha value is -1.28. The smallest absolute Gasteiger partial charge is 0.182 e. The number of nitrogen functional groups attached to an aromatic ring is 1. The van der Waals surface area contributed by atoms with Crippen LogP contribution in [0.4, 0.5) is 5.69 Å². The highest BCUT2D eigenvalue weighted by atomic mass is 79.9. The van der Waals surface area contributed by atoms with E-state index in [4.69, 9.17) is 5.73 Å². The first-order valence-electron chi connectivity index (χ1n) is 5.19. The second-order valence-corrected chi connectivity index (χ2v) is 6.15. The predicted molar refractivity (Wildman–Crippen MR) is 74.3 cm³/mol. The molecule has 96 valence electrons. The molecule has 2 rings (SSSR count). The van der Waals surface area contributed by atoms with E-state index in [2.05, 4.69) is 31.5 Å². The van der Waals surface area contributed by atoms with E-state index in [0.29, 0.717) is 23.8 Å². The molecular weight excluding hydrogens is 318 g/mol. The van der Waals surface area contributed by atoms with Crippen LogP contribution < -0.4 is 5.73 Å². The van der Waals surface area contributed by atoms with Crippen molar-refractivity contribution in [1.29, 1.82) is 0 Å². The lowest BCUT2D eigenvalue weighted by Crippen LogP contribution is -2.09. The maximum atomic E-state index is 11.1. The van der Waals surface area contributed by atoms with Crippen molar-refractivity contribution in [2.24, 2.45) is 0 Å². The van der Waals surface area contributed by atoms with Crippen LogP contribution in [0.5, 0.6) is 0 Å². The molecule has 0 amide bonds. The van der Waals surface area contributed by atoms with Crippen molar-refractivity contribution in [2.75, 3.05) is 17.7 Å². The van der Waals surface area contributed by atoms with Gasteiger partial charge in [-0.1, -0.05) is 0 Å². The summed E-state index contributed by atoms with van der Waals surface area (Å²) in [6.45, 7) is 0.515. The molecule has 6 nitrogen and oxygen atoms in total. The van der Waals surface area contributed by atoms with Crippen LogP contribution in [0.1, 0.15) is 0 Å². The zero-order valence-electron chi connectivity index (χ0n) is 9.71. The first kappa shape index (κ1) is 13.2. The monoisotopic (exact) mass is 329 g/mol. The van der Waals surface area contributed by atoms with Crippen LogP contribution in [0.3, 0.4) is 0 Å². The third-order valence-corrected chi connectivity index (χ3v) is 3.86. The molecule has 8 heteroatoms. The first-order chi connectivity index (χ1) is 8.58. The Morgan fingerprint density at radius 1 is 1.50 bits per heavy atom. The fourth-order valence-electron chi connectivity index (χ4n) is 1.46. The molecule has 0 radical (unpaired) electrons. The lowest BCUT2D eigenvalue weighted by atomic mass is 10.2. The number of anilines is 1. The van der Waals surface area contributed by atoms with Gasteiger partial charge in [0.25, 0.3) is 0 Å². The van der Waals surface area contributed by atoms with E-state index in [1.165, 1.54) is 0 Å². The van der Waals surface area contributed by atoms with Gasteiger partial charge in [-0.15, -0.1) is 5.10 Å². The second kappa shape index (κ2) is 5.57. The van der Waals surface area contributed by atoms with Gasteiger partial charge in [0.2, 0.25) is 0 Å². The second-order valence-electron chi connectivity index (χ2n) is 3.74. The van der Waals surface area contributed by atoms with Gasteiger partial charge in [0.05, 0.1) is 6.54 Å². The number of tetrazole rings is 1. The summed E-state index contributed by atoms with van der Waals surface area (Å²) >= 11 is 3.34. The number of aryl methyl sites for hydroxylation is 1. The SMILES string of the molecule is CS(=O)CCn1nnnc1-c1ccc(Br)c(N)c1. The molecule has 1 aromatic carbocycles. The average molecular weight is 330 g/mol. The summed E-state index contributed by atoms with van der Waals surface area (Å²) < 4.78 is 13.6. The maximum absolute atomic E-state index is 11.1. The molecule has 2 aromatic rings. The number of benzene rings is 1. The van der Waals surface area contributed by atoms with E-state index in [0.717, 1.165) is 10.0 Å². The highest BCUT2D eigenvalue weighted by Crippen LogP contribution is 2.25. The van der Waals surface area contributed by atoms with Gasteiger partial charge >= 0.3 is 0 Å². The van der Waals surface area contributed by atoms with E-state index < -0.39 is 10.8 Å². The molecule has 0 aliphatic rings. The Morgan fingerprint density at radius 3 is 2.94 bits per heavy atom. The number of aromatic nitrogens is 4. The summed E-state index contributed by atoms with van der Waals surface area (Å²) in [7, 11) is -0.871. The van der Waals surface area contributed by atoms with Crippen LogP contribution in [0.25, 0.3) is 11.4 Å². The highest BCUT2D eigenvalue weighted by Gasteiger charge is 2.10. The number of hydrogen-bond acceptors (Lipinski definition) is 5. The van der Waals surface area contributed by atoms with Crippen molar-refractivity contribution in [2.45, 2.75) is 6.54 Å². The number of rotatable bonds is 4. The molecule has 18 heavy (non-hydrogen) atoms. The Bertz CT molecular complexity index is 585. The Labute approximate surface area is 115 Å². The van der Waals surface area contributed by atoms with Gasteiger partial charge in [-0.3, -0.25) is 4.21 Å². The van der Waals surface area contributed by atoms with Crippen LogP contribution in [-0.4, -0.2) is 36.4 Å². The van der Waals surface area contributed by atoms with Gasteiger partial charge in [0.15, 0.2) is 5.82 Å². The lowest BCUT2D eigenvalue weighted by Gasteiger charge is -2.05. The van der Waals surface area contributed by atoms with Crippen LogP contribution >= 0.6 is 15.9 Å². The Balaban J connectivity index is 2.30. The third kappa shape index (κ3) is 2.94. The van der Waals surface area contributed by atoms with Crippen LogP contribution in [0.15, 0.2) is 22.7 Å². The molecular formula is C10H12BrN5OS. The molecule has 1 heterocycles.